The van der Waals surface area contributed by atoms with E-state index in [1.165, 1.54) is 0 Å². The highest BCUT2D eigenvalue weighted by Crippen LogP contribution is 2.20. The predicted octanol–water partition coefficient (Wildman–Crippen LogP) is 0.934. The number of carboxylic acids is 1. The topological polar surface area (TPSA) is 88.1 Å². The molecule has 2 amide bonds. The van der Waals surface area contributed by atoms with Gasteiger partial charge >= 0.3 is 12.0 Å². The Kier molecular flexibility index (Phi) is 8.07. The number of ether oxygens (including phenoxy) is 2. The molecule has 1 heterocycles. The minimum atomic E-state index is -0.911. The van der Waals surface area contributed by atoms with Gasteiger partial charge in [0, 0.05) is 26.8 Å². The van der Waals surface area contributed by atoms with Crippen molar-refractivity contribution in [1.29, 1.82) is 0 Å². The van der Waals surface area contributed by atoms with Crippen molar-refractivity contribution in [2.45, 2.75) is 32.2 Å². The van der Waals surface area contributed by atoms with Crippen molar-refractivity contribution in [3.63, 3.8) is 0 Å². The zero-order chi connectivity index (χ0) is 15.7. The predicted molar refractivity (Wildman–Crippen MR) is 77.2 cm³/mol. The molecule has 0 spiro atoms. The van der Waals surface area contributed by atoms with Gasteiger partial charge in [-0.2, -0.15) is 0 Å². The van der Waals surface area contributed by atoms with Crippen LogP contribution in [0.1, 0.15) is 26.2 Å². The van der Waals surface area contributed by atoms with Crippen molar-refractivity contribution in [1.82, 2.24) is 10.2 Å². The van der Waals surface area contributed by atoms with E-state index in [0.29, 0.717) is 19.7 Å². The van der Waals surface area contributed by atoms with E-state index in [1.54, 1.807) is 12.0 Å². The Bertz CT molecular complexity index is 337. The Morgan fingerprint density at radius 1 is 1.38 bits per heavy atom. The van der Waals surface area contributed by atoms with Crippen LogP contribution in [-0.4, -0.2) is 68.1 Å². The summed E-state index contributed by atoms with van der Waals surface area (Å²) in [7, 11) is 1.65. The lowest BCUT2D eigenvalue weighted by atomic mass is 10.0. The van der Waals surface area contributed by atoms with E-state index in [1.807, 2.05) is 6.92 Å². The Hall–Kier alpha value is -1.34. The molecule has 2 atom stereocenters. The molecule has 2 unspecified atom stereocenters. The fraction of sp³-hybridized carbons (Fsp3) is 0.857. The number of carbonyl (C=O) groups is 2. The summed E-state index contributed by atoms with van der Waals surface area (Å²) >= 11 is 0. The number of carboxylic acid groups (broad SMARTS) is 1. The molecule has 21 heavy (non-hydrogen) atoms. The molecule has 2 N–H and O–H groups in total. The fourth-order valence-electron chi connectivity index (χ4n) is 2.41. The van der Waals surface area contributed by atoms with Crippen LogP contribution in [0.4, 0.5) is 4.79 Å². The average Bonchev–Trinajstić information content (AvgIpc) is 2.93. The van der Waals surface area contributed by atoms with Gasteiger partial charge in [0.25, 0.3) is 0 Å². The summed E-state index contributed by atoms with van der Waals surface area (Å²) in [5.41, 5.74) is 0. The zero-order valence-corrected chi connectivity index (χ0v) is 12.8. The molecule has 1 fully saturated rings. The van der Waals surface area contributed by atoms with Crippen LogP contribution >= 0.6 is 0 Å². The van der Waals surface area contributed by atoms with Crippen LogP contribution in [0.15, 0.2) is 0 Å². The van der Waals surface area contributed by atoms with Gasteiger partial charge in [-0.15, -0.1) is 0 Å². The van der Waals surface area contributed by atoms with Gasteiger partial charge in [0.1, 0.15) is 5.92 Å². The quantitative estimate of drug-likeness (QED) is 0.619. The number of amides is 2. The van der Waals surface area contributed by atoms with Crippen LogP contribution in [-0.2, 0) is 14.3 Å². The van der Waals surface area contributed by atoms with Gasteiger partial charge in [-0.05, 0) is 19.3 Å². The highest BCUT2D eigenvalue weighted by molar-refractivity contribution is 5.77. The highest BCUT2D eigenvalue weighted by Gasteiger charge is 2.39. The standard InChI is InChI=1S/C14H26N2O5/c1-3-7-16(12-10-21-9-11(12)13(17)18)14(19)15-6-4-5-8-20-2/h11-12H,3-10H2,1-2H3,(H,15,19)(H,17,18). The Labute approximate surface area is 125 Å². The normalized spacial score (nSPS) is 21.2. The molecular formula is C14H26N2O5. The summed E-state index contributed by atoms with van der Waals surface area (Å²) < 4.78 is 10.2. The van der Waals surface area contributed by atoms with Crippen LogP contribution in [0.5, 0.6) is 0 Å². The van der Waals surface area contributed by atoms with E-state index in [-0.39, 0.29) is 25.3 Å². The lowest BCUT2D eigenvalue weighted by Crippen LogP contribution is -2.51. The van der Waals surface area contributed by atoms with Gasteiger partial charge in [-0.3, -0.25) is 4.79 Å². The summed E-state index contributed by atoms with van der Waals surface area (Å²) in [6.07, 6.45) is 2.50. The highest BCUT2D eigenvalue weighted by atomic mass is 16.5. The van der Waals surface area contributed by atoms with Gasteiger partial charge < -0.3 is 24.8 Å². The summed E-state index contributed by atoms with van der Waals surface area (Å²) in [6.45, 7) is 4.18. The molecule has 1 aliphatic rings. The summed E-state index contributed by atoms with van der Waals surface area (Å²) in [5.74, 6) is -1.55. The second-order valence-electron chi connectivity index (χ2n) is 5.17. The monoisotopic (exact) mass is 302 g/mol. The number of carbonyl (C=O) groups excluding carboxylic acids is 1. The van der Waals surface area contributed by atoms with E-state index < -0.39 is 11.9 Å². The minimum Gasteiger partial charge on any atom is -0.481 e. The SMILES string of the molecule is CCCN(C(=O)NCCCCOC)C1COCC1C(=O)O. The largest absolute Gasteiger partial charge is 0.481 e. The van der Waals surface area contributed by atoms with Gasteiger partial charge in [-0.25, -0.2) is 4.79 Å². The summed E-state index contributed by atoms with van der Waals surface area (Å²) in [4.78, 5) is 25.1. The van der Waals surface area contributed by atoms with E-state index in [4.69, 9.17) is 9.47 Å². The van der Waals surface area contributed by atoms with Crippen molar-refractivity contribution in [2.75, 3.05) is 40.0 Å². The molecule has 1 aliphatic heterocycles. The number of methoxy groups -OCH3 is 1. The van der Waals surface area contributed by atoms with Gasteiger partial charge in [0.05, 0.1) is 19.3 Å². The molecule has 7 heteroatoms. The molecule has 0 aromatic carbocycles. The van der Waals surface area contributed by atoms with Crippen molar-refractivity contribution in [2.24, 2.45) is 5.92 Å². The molecule has 1 saturated heterocycles. The second-order valence-corrected chi connectivity index (χ2v) is 5.17. The van der Waals surface area contributed by atoms with Crippen molar-refractivity contribution < 1.29 is 24.2 Å². The van der Waals surface area contributed by atoms with Crippen LogP contribution in [0.2, 0.25) is 0 Å². The first-order valence-corrected chi connectivity index (χ1v) is 7.45. The van der Waals surface area contributed by atoms with E-state index >= 15 is 0 Å². The summed E-state index contributed by atoms with van der Waals surface area (Å²) in [6, 6.07) is -0.600. The van der Waals surface area contributed by atoms with Gasteiger partial charge in [0.15, 0.2) is 0 Å². The maximum Gasteiger partial charge on any atom is 0.317 e. The third-order valence-electron chi connectivity index (χ3n) is 3.54. The van der Waals surface area contributed by atoms with Crippen molar-refractivity contribution >= 4 is 12.0 Å². The number of hydrogen-bond donors (Lipinski definition) is 2. The van der Waals surface area contributed by atoms with Crippen LogP contribution in [0.25, 0.3) is 0 Å². The minimum absolute atomic E-state index is 0.168. The first-order chi connectivity index (χ1) is 10.1. The van der Waals surface area contributed by atoms with Crippen LogP contribution in [0, 0.1) is 5.92 Å². The number of nitrogens with zero attached hydrogens (tertiary/aromatic N) is 1. The molecule has 0 saturated carbocycles. The molecule has 122 valence electrons. The fourth-order valence-corrected chi connectivity index (χ4v) is 2.41. The molecule has 1 rings (SSSR count). The van der Waals surface area contributed by atoms with Crippen molar-refractivity contribution in [3.05, 3.63) is 0 Å². The molecule has 0 aromatic rings. The molecule has 7 nitrogen and oxygen atoms in total. The second kappa shape index (κ2) is 9.57. The van der Waals surface area contributed by atoms with Gasteiger partial charge in [-0.1, -0.05) is 6.92 Å². The number of rotatable bonds is 9. The zero-order valence-electron chi connectivity index (χ0n) is 12.8. The number of nitrogens with one attached hydrogen (secondary N) is 1. The lowest BCUT2D eigenvalue weighted by molar-refractivity contribution is -0.142. The number of hydrogen-bond acceptors (Lipinski definition) is 4. The molecule has 0 aromatic heterocycles. The third-order valence-corrected chi connectivity index (χ3v) is 3.54. The maximum atomic E-state index is 12.3. The first kappa shape index (κ1) is 17.7. The van der Waals surface area contributed by atoms with E-state index in [0.717, 1.165) is 19.3 Å². The molecular weight excluding hydrogens is 276 g/mol. The summed E-state index contributed by atoms with van der Waals surface area (Å²) in [5, 5.41) is 12.0. The average molecular weight is 302 g/mol. The van der Waals surface area contributed by atoms with E-state index in [9.17, 15) is 14.7 Å². The third kappa shape index (κ3) is 5.51. The maximum absolute atomic E-state index is 12.3. The number of unbranched alkanes of at least 4 members (excludes halogenated alkanes) is 1. The smallest absolute Gasteiger partial charge is 0.317 e. The Balaban J connectivity index is 2.51. The number of aliphatic carboxylic acids is 1. The molecule has 0 bridgehead atoms. The Morgan fingerprint density at radius 3 is 2.76 bits per heavy atom. The van der Waals surface area contributed by atoms with Crippen LogP contribution in [0.3, 0.4) is 0 Å². The first-order valence-electron chi connectivity index (χ1n) is 7.45. The van der Waals surface area contributed by atoms with E-state index in [2.05, 4.69) is 5.32 Å². The Morgan fingerprint density at radius 2 is 2.14 bits per heavy atom. The van der Waals surface area contributed by atoms with Crippen molar-refractivity contribution in [3.8, 4) is 0 Å². The molecule has 0 aliphatic carbocycles. The lowest BCUT2D eigenvalue weighted by Gasteiger charge is -2.30. The van der Waals surface area contributed by atoms with Gasteiger partial charge in [0.2, 0.25) is 0 Å². The molecule has 0 radical (unpaired) electrons. The number of urea groups is 1. The van der Waals surface area contributed by atoms with Crippen LogP contribution < -0.4 is 5.32 Å².